The summed E-state index contributed by atoms with van der Waals surface area (Å²) >= 11 is 0. The van der Waals surface area contributed by atoms with E-state index in [1.807, 2.05) is 18.2 Å². The molecule has 0 saturated heterocycles. The lowest BCUT2D eigenvalue weighted by molar-refractivity contribution is -0.384. The number of pyridine rings is 1. The minimum Gasteiger partial charge on any atom is -0.332 e. The molecule has 2 aromatic carbocycles. The number of hydrogen-bond donors (Lipinski definition) is 2. The number of aromatic amines is 1. The fourth-order valence-electron chi connectivity index (χ4n) is 3.12. The van der Waals surface area contributed by atoms with Gasteiger partial charge in [0.05, 0.1) is 16.6 Å². The minimum absolute atomic E-state index is 0.0380. The van der Waals surface area contributed by atoms with Crippen LogP contribution in [0.1, 0.15) is 48.3 Å². The summed E-state index contributed by atoms with van der Waals surface area (Å²) in [6.07, 6.45) is 0. The molecule has 1 atom stereocenters. The van der Waals surface area contributed by atoms with E-state index >= 15 is 0 Å². The van der Waals surface area contributed by atoms with Crippen molar-refractivity contribution in [1.29, 1.82) is 5.26 Å². The summed E-state index contributed by atoms with van der Waals surface area (Å²) in [5, 5.41) is 23.5. The number of aromatic nitrogens is 1. The highest BCUT2D eigenvalue weighted by molar-refractivity contribution is 6.06. The van der Waals surface area contributed by atoms with Gasteiger partial charge >= 0.3 is 0 Å². The number of H-pyrrole nitrogens is 1. The van der Waals surface area contributed by atoms with Crippen molar-refractivity contribution in [3.05, 3.63) is 85.7 Å². The SMILES string of the molecule is CC(C)(C)c1ccc(C(C#N)NC(=O)c2cc(=O)[nH]c3ccc([N+](=O)[O-])cc23)cc1. The first kappa shape index (κ1) is 20.7. The summed E-state index contributed by atoms with van der Waals surface area (Å²) < 4.78 is 0. The summed E-state index contributed by atoms with van der Waals surface area (Å²) in [6.45, 7) is 6.22. The van der Waals surface area contributed by atoms with Crippen molar-refractivity contribution in [2.24, 2.45) is 0 Å². The van der Waals surface area contributed by atoms with Crippen LogP contribution in [-0.2, 0) is 5.41 Å². The van der Waals surface area contributed by atoms with Crippen molar-refractivity contribution in [2.75, 3.05) is 0 Å². The van der Waals surface area contributed by atoms with E-state index in [-0.39, 0.29) is 22.1 Å². The number of nitrogens with zero attached hydrogens (tertiary/aromatic N) is 2. The van der Waals surface area contributed by atoms with Crippen LogP contribution in [0, 0.1) is 21.4 Å². The second kappa shape index (κ2) is 7.79. The molecule has 3 rings (SSSR count). The Balaban J connectivity index is 1.97. The predicted octanol–water partition coefficient (Wildman–Crippen LogP) is 3.73. The summed E-state index contributed by atoms with van der Waals surface area (Å²) in [6, 6.07) is 13.4. The number of nitro groups is 1. The Kier molecular flexibility index (Phi) is 5.39. The van der Waals surface area contributed by atoms with E-state index in [1.165, 1.54) is 18.2 Å². The molecule has 8 nitrogen and oxygen atoms in total. The third-order valence-electron chi connectivity index (χ3n) is 4.80. The predicted molar refractivity (Wildman–Crippen MR) is 112 cm³/mol. The van der Waals surface area contributed by atoms with E-state index in [1.54, 1.807) is 12.1 Å². The third kappa shape index (κ3) is 4.20. The molecule has 0 radical (unpaired) electrons. The molecule has 2 N–H and O–H groups in total. The van der Waals surface area contributed by atoms with Crippen molar-refractivity contribution in [3.63, 3.8) is 0 Å². The monoisotopic (exact) mass is 404 g/mol. The Morgan fingerprint density at radius 2 is 1.83 bits per heavy atom. The Morgan fingerprint density at radius 3 is 2.40 bits per heavy atom. The first-order valence-corrected chi connectivity index (χ1v) is 9.22. The summed E-state index contributed by atoms with van der Waals surface area (Å²) in [4.78, 5) is 37.9. The van der Waals surface area contributed by atoms with E-state index in [9.17, 15) is 25.0 Å². The van der Waals surface area contributed by atoms with E-state index in [2.05, 4.69) is 31.1 Å². The molecule has 0 saturated carbocycles. The molecule has 8 heteroatoms. The van der Waals surface area contributed by atoms with Gasteiger partial charge in [-0.2, -0.15) is 5.26 Å². The van der Waals surface area contributed by atoms with Crippen molar-refractivity contribution >= 4 is 22.5 Å². The lowest BCUT2D eigenvalue weighted by atomic mass is 9.86. The summed E-state index contributed by atoms with van der Waals surface area (Å²) in [5.74, 6) is -0.668. The zero-order valence-corrected chi connectivity index (χ0v) is 16.7. The van der Waals surface area contributed by atoms with Crippen LogP contribution in [0.25, 0.3) is 10.9 Å². The summed E-state index contributed by atoms with van der Waals surface area (Å²) in [5.41, 5.74) is 1.15. The first-order chi connectivity index (χ1) is 14.1. The molecule has 0 spiro atoms. The molecule has 0 bridgehead atoms. The maximum absolute atomic E-state index is 12.9. The van der Waals surface area contributed by atoms with Crippen LogP contribution >= 0.6 is 0 Å². The highest BCUT2D eigenvalue weighted by Gasteiger charge is 2.20. The number of fused-ring (bicyclic) bond motifs is 1. The molecule has 1 heterocycles. The van der Waals surface area contributed by atoms with Gasteiger partial charge in [0.15, 0.2) is 0 Å². The number of hydrogen-bond acceptors (Lipinski definition) is 5. The van der Waals surface area contributed by atoms with Gasteiger partial charge in [-0.1, -0.05) is 45.0 Å². The molecule has 3 aromatic rings. The second-order valence-electron chi connectivity index (χ2n) is 7.94. The third-order valence-corrected chi connectivity index (χ3v) is 4.80. The van der Waals surface area contributed by atoms with Gasteiger partial charge in [0.2, 0.25) is 5.56 Å². The number of carbonyl (C=O) groups is 1. The average Bonchev–Trinajstić information content (AvgIpc) is 2.70. The molecule has 0 aliphatic carbocycles. The van der Waals surface area contributed by atoms with Gasteiger partial charge in [0, 0.05) is 29.1 Å². The molecular weight excluding hydrogens is 384 g/mol. The van der Waals surface area contributed by atoms with Crippen molar-refractivity contribution in [3.8, 4) is 6.07 Å². The quantitative estimate of drug-likeness (QED) is 0.506. The van der Waals surface area contributed by atoms with Crippen LogP contribution in [0.15, 0.2) is 53.3 Å². The molecule has 0 aliphatic rings. The van der Waals surface area contributed by atoms with Crippen LogP contribution in [0.3, 0.4) is 0 Å². The van der Waals surface area contributed by atoms with Gasteiger partial charge < -0.3 is 10.3 Å². The van der Waals surface area contributed by atoms with Crippen LogP contribution in [-0.4, -0.2) is 15.8 Å². The number of nitriles is 1. The number of amides is 1. The zero-order valence-electron chi connectivity index (χ0n) is 16.7. The van der Waals surface area contributed by atoms with Gasteiger partial charge in [-0.05, 0) is 22.6 Å². The largest absolute Gasteiger partial charge is 0.332 e. The first-order valence-electron chi connectivity index (χ1n) is 9.22. The lowest BCUT2D eigenvalue weighted by Crippen LogP contribution is -2.29. The molecule has 1 amide bonds. The molecule has 152 valence electrons. The van der Waals surface area contributed by atoms with Crippen LogP contribution in [0.4, 0.5) is 5.69 Å². The maximum atomic E-state index is 12.9. The van der Waals surface area contributed by atoms with Gasteiger partial charge in [0.1, 0.15) is 6.04 Å². The number of nitrogens with one attached hydrogen (secondary N) is 2. The number of benzene rings is 2. The topological polar surface area (TPSA) is 129 Å². The lowest BCUT2D eigenvalue weighted by Gasteiger charge is -2.20. The number of rotatable bonds is 4. The summed E-state index contributed by atoms with van der Waals surface area (Å²) in [7, 11) is 0. The standard InChI is InChI=1S/C22H20N4O4/c1-22(2,3)14-6-4-13(5-7-14)19(12-23)25-21(28)17-11-20(27)24-18-9-8-15(26(29)30)10-16(17)18/h4-11,19H,1-3H3,(H,24,27)(H,25,28). The highest BCUT2D eigenvalue weighted by Crippen LogP contribution is 2.25. The Hall–Kier alpha value is -3.99. The molecule has 30 heavy (non-hydrogen) atoms. The minimum atomic E-state index is -0.945. The Morgan fingerprint density at radius 1 is 1.17 bits per heavy atom. The van der Waals surface area contributed by atoms with Gasteiger partial charge in [-0.15, -0.1) is 0 Å². The van der Waals surface area contributed by atoms with E-state index < -0.39 is 22.4 Å². The van der Waals surface area contributed by atoms with Crippen molar-refractivity contribution in [1.82, 2.24) is 10.3 Å². The zero-order chi connectivity index (χ0) is 22.1. The Bertz CT molecular complexity index is 1230. The molecule has 1 aromatic heterocycles. The van der Waals surface area contributed by atoms with Crippen molar-refractivity contribution in [2.45, 2.75) is 32.2 Å². The smallest absolute Gasteiger partial charge is 0.270 e. The molecular formula is C22H20N4O4. The molecule has 0 aliphatic heterocycles. The van der Waals surface area contributed by atoms with Crippen LogP contribution in [0.2, 0.25) is 0 Å². The van der Waals surface area contributed by atoms with E-state index in [0.29, 0.717) is 11.1 Å². The van der Waals surface area contributed by atoms with Gasteiger partial charge in [0.25, 0.3) is 11.6 Å². The number of nitro benzene ring substituents is 1. The van der Waals surface area contributed by atoms with Gasteiger partial charge in [-0.3, -0.25) is 19.7 Å². The molecule has 1 unspecified atom stereocenters. The van der Waals surface area contributed by atoms with Crippen LogP contribution < -0.4 is 10.9 Å². The normalized spacial score (nSPS) is 12.2. The average molecular weight is 404 g/mol. The second-order valence-corrected chi connectivity index (χ2v) is 7.94. The fourth-order valence-corrected chi connectivity index (χ4v) is 3.12. The molecule has 0 fully saturated rings. The van der Waals surface area contributed by atoms with E-state index in [4.69, 9.17) is 0 Å². The fraction of sp³-hybridized carbons (Fsp3) is 0.227. The maximum Gasteiger partial charge on any atom is 0.270 e. The van der Waals surface area contributed by atoms with E-state index in [0.717, 1.165) is 11.6 Å². The van der Waals surface area contributed by atoms with Crippen LogP contribution in [0.5, 0.6) is 0 Å². The number of carbonyl (C=O) groups excluding carboxylic acids is 1. The van der Waals surface area contributed by atoms with Crippen molar-refractivity contribution < 1.29 is 9.72 Å². The van der Waals surface area contributed by atoms with Gasteiger partial charge in [-0.25, -0.2) is 0 Å². The Labute approximate surface area is 172 Å². The highest BCUT2D eigenvalue weighted by atomic mass is 16.6. The number of non-ortho nitro benzene ring substituents is 1.